The van der Waals surface area contributed by atoms with Crippen molar-refractivity contribution in [3.8, 4) is 17.1 Å². The molecular formula is C17H12BrFN4. The number of benzene rings is 1. The molecule has 1 aromatic carbocycles. The molecule has 0 aliphatic heterocycles. The predicted molar refractivity (Wildman–Crippen MR) is 90.1 cm³/mol. The molecule has 0 unspecified atom stereocenters. The highest BCUT2D eigenvalue weighted by Gasteiger charge is 2.12. The van der Waals surface area contributed by atoms with E-state index in [4.69, 9.17) is 0 Å². The number of rotatable bonds is 2. The van der Waals surface area contributed by atoms with Crippen LogP contribution in [0, 0.1) is 12.7 Å². The fourth-order valence-corrected chi connectivity index (χ4v) is 3.02. The third-order valence-corrected chi connectivity index (χ3v) is 4.33. The molecule has 0 saturated carbocycles. The molecule has 4 rings (SSSR count). The summed E-state index contributed by atoms with van der Waals surface area (Å²) in [4.78, 5) is 8.79. The highest BCUT2D eigenvalue weighted by molar-refractivity contribution is 9.10. The first-order valence-electron chi connectivity index (χ1n) is 7.07. The molecule has 0 amide bonds. The van der Waals surface area contributed by atoms with E-state index in [1.165, 1.54) is 12.1 Å². The summed E-state index contributed by atoms with van der Waals surface area (Å²) >= 11 is 3.49. The molecule has 0 N–H and O–H groups in total. The third kappa shape index (κ3) is 2.35. The van der Waals surface area contributed by atoms with Gasteiger partial charge in [-0.25, -0.2) is 14.4 Å². The maximum Gasteiger partial charge on any atom is 0.144 e. The average Bonchev–Trinajstić information content (AvgIpc) is 3.11. The molecule has 114 valence electrons. The van der Waals surface area contributed by atoms with Gasteiger partial charge in [0, 0.05) is 23.7 Å². The highest BCUT2D eigenvalue weighted by atomic mass is 79.9. The zero-order chi connectivity index (χ0) is 16.0. The lowest BCUT2D eigenvalue weighted by Gasteiger charge is -2.11. The minimum Gasteiger partial charge on any atom is -0.296 e. The first kappa shape index (κ1) is 14.1. The van der Waals surface area contributed by atoms with Gasteiger partial charge in [-0.1, -0.05) is 0 Å². The van der Waals surface area contributed by atoms with Gasteiger partial charge in [0.1, 0.15) is 21.9 Å². The van der Waals surface area contributed by atoms with Crippen molar-refractivity contribution < 1.29 is 4.39 Å². The van der Waals surface area contributed by atoms with Crippen LogP contribution in [0.1, 0.15) is 5.69 Å². The van der Waals surface area contributed by atoms with Crippen LogP contribution in [-0.4, -0.2) is 18.9 Å². The Morgan fingerprint density at radius 1 is 1.00 bits per heavy atom. The zero-order valence-electron chi connectivity index (χ0n) is 12.2. The van der Waals surface area contributed by atoms with Crippen LogP contribution in [0.5, 0.6) is 0 Å². The van der Waals surface area contributed by atoms with Crippen molar-refractivity contribution in [2.45, 2.75) is 6.92 Å². The van der Waals surface area contributed by atoms with Crippen LogP contribution in [0.25, 0.3) is 22.7 Å². The van der Waals surface area contributed by atoms with Gasteiger partial charge >= 0.3 is 0 Å². The topological polar surface area (TPSA) is 35.1 Å². The second kappa shape index (κ2) is 5.31. The van der Waals surface area contributed by atoms with E-state index in [2.05, 4.69) is 25.9 Å². The lowest BCUT2D eigenvalue weighted by molar-refractivity contribution is 0.628. The van der Waals surface area contributed by atoms with Crippen molar-refractivity contribution in [1.29, 1.82) is 0 Å². The van der Waals surface area contributed by atoms with Crippen LogP contribution in [0.3, 0.4) is 0 Å². The molecule has 23 heavy (non-hydrogen) atoms. The molecule has 3 heterocycles. The van der Waals surface area contributed by atoms with Gasteiger partial charge in [0.05, 0.1) is 11.9 Å². The van der Waals surface area contributed by atoms with Gasteiger partial charge in [-0.15, -0.1) is 0 Å². The number of halogens is 2. The van der Waals surface area contributed by atoms with Crippen molar-refractivity contribution in [1.82, 2.24) is 18.9 Å². The minimum atomic E-state index is -0.257. The SMILES string of the molecule is Cc1cnc(-c2ccc(F)cc2)n1-c1ccc2ncc(Br)n2c1. The smallest absolute Gasteiger partial charge is 0.144 e. The Balaban J connectivity index is 1.92. The largest absolute Gasteiger partial charge is 0.296 e. The Hall–Kier alpha value is -2.47. The summed E-state index contributed by atoms with van der Waals surface area (Å²) in [7, 11) is 0. The van der Waals surface area contributed by atoms with E-state index in [9.17, 15) is 4.39 Å². The predicted octanol–water partition coefficient (Wildman–Crippen LogP) is 4.40. The number of hydrogen-bond acceptors (Lipinski definition) is 2. The fourth-order valence-electron chi connectivity index (χ4n) is 2.64. The standard InChI is InChI=1S/C17H12BrFN4/c1-11-8-21-17(12-2-4-13(19)5-3-12)23(11)14-6-7-16-20-9-15(18)22(16)10-14/h2-10H,1H3. The van der Waals surface area contributed by atoms with Crippen LogP contribution >= 0.6 is 15.9 Å². The summed E-state index contributed by atoms with van der Waals surface area (Å²) in [6, 6.07) is 10.3. The van der Waals surface area contributed by atoms with Gasteiger partial charge in [-0.2, -0.15) is 0 Å². The Kier molecular flexibility index (Phi) is 3.27. The van der Waals surface area contributed by atoms with E-state index in [0.717, 1.165) is 33.0 Å². The van der Waals surface area contributed by atoms with Gasteiger partial charge in [-0.05, 0) is 59.3 Å². The fraction of sp³-hybridized carbons (Fsp3) is 0.0588. The summed E-state index contributed by atoms with van der Waals surface area (Å²) in [6.45, 7) is 1.99. The van der Waals surface area contributed by atoms with Crippen LogP contribution in [0.2, 0.25) is 0 Å². The normalized spacial score (nSPS) is 11.3. The van der Waals surface area contributed by atoms with Gasteiger partial charge in [0.2, 0.25) is 0 Å². The zero-order valence-corrected chi connectivity index (χ0v) is 13.8. The molecule has 0 fully saturated rings. The van der Waals surface area contributed by atoms with Crippen LogP contribution in [0.4, 0.5) is 4.39 Å². The van der Waals surface area contributed by atoms with Gasteiger partial charge in [0.25, 0.3) is 0 Å². The molecule has 0 aliphatic rings. The lowest BCUT2D eigenvalue weighted by Crippen LogP contribution is -2.01. The summed E-state index contributed by atoms with van der Waals surface area (Å²) in [5.41, 5.74) is 3.69. The molecule has 0 radical (unpaired) electrons. The number of imidazole rings is 2. The average molecular weight is 371 g/mol. The van der Waals surface area contributed by atoms with Crippen molar-refractivity contribution in [3.63, 3.8) is 0 Å². The van der Waals surface area contributed by atoms with E-state index < -0.39 is 0 Å². The second-order valence-corrected chi connectivity index (χ2v) is 6.07. The van der Waals surface area contributed by atoms with Crippen molar-refractivity contribution in [3.05, 3.63) is 71.1 Å². The molecule has 3 aromatic heterocycles. The maximum absolute atomic E-state index is 13.2. The Bertz CT molecular complexity index is 1000. The van der Waals surface area contributed by atoms with Gasteiger partial charge in [0.15, 0.2) is 0 Å². The van der Waals surface area contributed by atoms with E-state index in [1.54, 1.807) is 18.3 Å². The van der Waals surface area contributed by atoms with E-state index >= 15 is 0 Å². The molecule has 0 atom stereocenters. The first-order valence-corrected chi connectivity index (χ1v) is 7.86. The minimum absolute atomic E-state index is 0.257. The lowest BCUT2D eigenvalue weighted by atomic mass is 10.2. The number of pyridine rings is 1. The van der Waals surface area contributed by atoms with E-state index in [0.29, 0.717) is 0 Å². The second-order valence-electron chi connectivity index (χ2n) is 5.26. The molecule has 6 heteroatoms. The van der Waals surface area contributed by atoms with Gasteiger partial charge in [-0.3, -0.25) is 8.97 Å². The van der Waals surface area contributed by atoms with Crippen LogP contribution in [0.15, 0.2) is 59.6 Å². The molecule has 0 aliphatic carbocycles. The van der Waals surface area contributed by atoms with E-state index in [-0.39, 0.29) is 5.82 Å². The molecule has 4 nitrogen and oxygen atoms in total. The molecule has 0 spiro atoms. The molecule has 4 aromatic rings. The van der Waals surface area contributed by atoms with Crippen molar-refractivity contribution >= 4 is 21.6 Å². The van der Waals surface area contributed by atoms with E-state index in [1.807, 2.05) is 40.4 Å². The first-order chi connectivity index (χ1) is 11.1. The number of aryl methyl sites for hydroxylation is 1. The summed E-state index contributed by atoms with van der Waals surface area (Å²) in [5.74, 6) is 0.519. The monoisotopic (exact) mass is 370 g/mol. The third-order valence-electron chi connectivity index (χ3n) is 3.74. The van der Waals surface area contributed by atoms with Crippen LogP contribution in [-0.2, 0) is 0 Å². The van der Waals surface area contributed by atoms with Crippen molar-refractivity contribution in [2.75, 3.05) is 0 Å². The summed E-state index contributed by atoms with van der Waals surface area (Å²) < 4.78 is 18.1. The quantitative estimate of drug-likeness (QED) is 0.524. The Morgan fingerprint density at radius 3 is 2.57 bits per heavy atom. The molecule has 0 saturated heterocycles. The maximum atomic E-state index is 13.2. The molecular weight excluding hydrogens is 359 g/mol. The number of hydrogen-bond donors (Lipinski definition) is 0. The Labute approximate surface area is 140 Å². The summed E-state index contributed by atoms with van der Waals surface area (Å²) in [6.07, 6.45) is 5.57. The van der Waals surface area contributed by atoms with Crippen molar-refractivity contribution in [2.24, 2.45) is 0 Å². The highest BCUT2D eigenvalue weighted by Crippen LogP contribution is 2.25. The van der Waals surface area contributed by atoms with Crippen LogP contribution < -0.4 is 0 Å². The van der Waals surface area contributed by atoms with Gasteiger partial charge < -0.3 is 0 Å². The Morgan fingerprint density at radius 2 is 1.78 bits per heavy atom. The number of nitrogens with zero attached hydrogens (tertiary/aromatic N) is 4. The molecule has 0 bridgehead atoms. The number of aromatic nitrogens is 4. The summed E-state index contributed by atoms with van der Waals surface area (Å²) in [5, 5.41) is 0. The number of fused-ring (bicyclic) bond motifs is 1.